The molecule has 2 N–H and O–H groups in total. The molecule has 1 unspecified atom stereocenters. The predicted octanol–water partition coefficient (Wildman–Crippen LogP) is 3.63. The molecule has 1 fully saturated rings. The van der Waals surface area contributed by atoms with Gasteiger partial charge in [0.05, 0.1) is 0 Å². The molecule has 0 aliphatic heterocycles. The summed E-state index contributed by atoms with van der Waals surface area (Å²) in [4.78, 5) is 11.8. The summed E-state index contributed by atoms with van der Waals surface area (Å²) in [6, 6.07) is 5.67. The second kappa shape index (κ2) is 7.82. The first-order chi connectivity index (χ1) is 10.9. The van der Waals surface area contributed by atoms with Gasteiger partial charge in [-0.2, -0.15) is 0 Å². The summed E-state index contributed by atoms with van der Waals surface area (Å²) in [5.74, 6) is 1.65. The van der Waals surface area contributed by atoms with E-state index in [2.05, 4.69) is 32.0 Å². The quantitative estimate of drug-likeness (QED) is 0.587. The van der Waals surface area contributed by atoms with Crippen molar-refractivity contribution in [1.29, 1.82) is 0 Å². The molecule has 1 aromatic carbocycles. The number of carbonyl (C=O) groups excluding carboxylic acids is 1. The zero-order chi connectivity index (χ0) is 17.0. The molecule has 1 aliphatic carbocycles. The van der Waals surface area contributed by atoms with Crippen LogP contribution in [0.25, 0.3) is 0 Å². The standard InChI is InChI=1S/C19H29NO3/c1-12(2)16-7-5-6-15(10-14-8-9-14)18(16)22-11-23-19(21)17(20)13(3)4/h5-7,12-14,17H,8-11,20H2,1-4H3. The van der Waals surface area contributed by atoms with Gasteiger partial charge in [-0.05, 0) is 48.1 Å². The van der Waals surface area contributed by atoms with Crippen LogP contribution in [0.5, 0.6) is 5.75 Å². The van der Waals surface area contributed by atoms with Gasteiger partial charge in [0, 0.05) is 0 Å². The van der Waals surface area contributed by atoms with Crippen LogP contribution in [0, 0.1) is 11.8 Å². The molecule has 0 saturated heterocycles. The third-order valence-corrected chi connectivity index (χ3v) is 4.35. The topological polar surface area (TPSA) is 61.5 Å². The van der Waals surface area contributed by atoms with E-state index >= 15 is 0 Å². The first-order valence-electron chi connectivity index (χ1n) is 8.57. The van der Waals surface area contributed by atoms with Gasteiger partial charge < -0.3 is 15.2 Å². The van der Waals surface area contributed by atoms with Crippen molar-refractivity contribution in [3.63, 3.8) is 0 Å². The van der Waals surface area contributed by atoms with Crippen LogP contribution in [0.4, 0.5) is 0 Å². The van der Waals surface area contributed by atoms with E-state index in [-0.39, 0.29) is 12.7 Å². The SMILES string of the molecule is CC(C)c1cccc(CC2CC2)c1OCOC(=O)C(N)C(C)C. The molecule has 0 radical (unpaired) electrons. The highest BCUT2D eigenvalue weighted by Gasteiger charge is 2.25. The Kier molecular flexibility index (Phi) is 6.05. The van der Waals surface area contributed by atoms with E-state index < -0.39 is 12.0 Å². The molecule has 128 valence electrons. The molecule has 0 aromatic heterocycles. The fourth-order valence-electron chi connectivity index (χ4n) is 2.54. The Balaban J connectivity index is 2.03. The second-order valence-electron chi connectivity index (χ2n) is 7.13. The number of carbonyl (C=O) groups is 1. The van der Waals surface area contributed by atoms with Gasteiger partial charge >= 0.3 is 5.97 Å². The van der Waals surface area contributed by atoms with E-state index in [0.717, 1.165) is 23.7 Å². The molecule has 0 bridgehead atoms. The van der Waals surface area contributed by atoms with E-state index in [1.807, 2.05) is 13.8 Å². The van der Waals surface area contributed by atoms with Crippen molar-refractivity contribution in [1.82, 2.24) is 0 Å². The molecule has 0 spiro atoms. The van der Waals surface area contributed by atoms with E-state index in [1.165, 1.54) is 18.4 Å². The van der Waals surface area contributed by atoms with Crippen LogP contribution in [-0.2, 0) is 16.0 Å². The summed E-state index contributed by atoms with van der Waals surface area (Å²) in [6.45, 7) is 8.00. The van der Waals surface area contributed by atoms with Crippen molar-refractivity contribution in [2.45, 2.75) is 58.9 Å². The number of para-hydroxylation sites is 1. The summed E-state index contributed by atoms with van der Waals surface area (Å²) in [5, 5.41) is 0. The number of benzene rings is 1. The molecular weight excluding hydrogens is 290 g/mol. The normalized spacial score (nSPS) is 15.8. The van der Waals surface area contributed by atoms with Crippen molar-refractivity contribution in [2.75, 3.05) is 6.79 Å². The lowest BCUT2D eigenvalue weighted by molar-refractivity contribution is -0.152. The van der Waals surface area contributed by atoms with Crippen molar-refractivity contribution >= 4 is 5.97 Å². The summed E-state index contributed by atoms with van der Waals surface area (Å²) in [5.41, 5.74) is 8.16. The number of nitrogens with two attached hydrogens (primary N) is 1. The van der Waals surface area contributed by atoms with Gasteiger partial charge in [0.1, 0.15) is 11.8 Å². The second-order valence-corrected chi connectivity index (χ2v) is 7.13. The van der Waals surface area contributed by atoms with E-state index in [4.69, 9.17) is 15.2 Å². The maximum atomic E-state index is 11.8. The van der Waals surface area contributed by atoms with Crippen LogP contribution in [-0.4, -0.2) is 18.8 Å². The molecule has 2 rings (SSSR count). The summed E-state index contributed by atoms with van der Waals surface area (Å²) in [7, 11) is 0. The molecule has 1 aromatic rings. The largest absolute Gasteiger partial charge is 0.457 e. The van der Waals surface area contributed by atoms with Crippen molar-refractivity contribution in [3.8, 4) is 5.75 Å². The highest BCUT2D eigenvalue weighted by atomic mass is 16.7. The minimum Gasteiger partial charge on any atom is -0.457 e. The predicted molar refractivity (Wildman–Crippen MR) is 91.4 cm³/mol. The molecular formula is C19H29NO3. The Hall–Kier alpha value is -1.55. The van der Waals surface area contributed by atoms with Crippen LogP contribution in [0.2, 0.25) is 0 Å². The zero-order valence-electron chi connectivity index (χ0n) is 14.7. The number of ether oxygens (including phenoxy) is 2. The van der Waals surface area contributed by atoms with Crippen LogP contribution in [0.15, 0.2) is 18.2 Å². The average molecular weight is 319 g/mol. The Morgan fingerprint density at radius 1 is 1.26 bits per heavy atom. The first kappa shape index (κ1) is 17.8. The number of hydrogen-bond acceptors (Lipinski definition) is 4. The fourth-order valence-corrected chi connectivity index (χ4v) is 2.54. The monoisotopic (exact) mass is 319 g/mol. The van der Waals surface area contributed by atoms with Gasteiger partial charge in [0.15, 0.2) is 0 Å². The molecule has 1 saturated carbocycles. The maximum absolute atomic E-state index is 11.8. The average Bonchev–Trinajstić information content (AvgIpc) is 3.31. The minimum absolute atomic E-state index is 0.0517. The molecule has 4 nitrogen and oxygen atoms in total. The molecule has 4 heteroatoms. The summed E-state index contributed by atoms with van der Waals surface area (Å²) < 4.78 is 11.1. The lowest BCUT2D eigenvalue weighted by Gasteiger charge is -2.19. The van der Waals surface area contributed by atoms with Gasteiger partial charge in [0.2, 0.25) is 6.79 Å². The fraction of sp³-hybridized carbons (Fsp3) is 0.632. The third-order valence-electron chi connectivity index (χ3n) is 4.35. The molecule has 0 amide bonds. The lowest BCUT2D eigenvalue weighted by atomic mass is 9.97. The van der Waals surface area contributed by atoms with Crippen LogP contribution >= 0.6 is 0 Å². The highest BCUT2D eigenvalue weighted by molar-refractivity contribution is 5.75. The van der Waals surface area contributed by atoms with Crippen molar-refractivity contribution in [2.24, 2.45) is 17.6 Å². The summed E-state index contributed by atoms with van der Waals surface area (Å²) >= 11 is 0. The van der Waals surface area contributed by atoms with Gasteiger partial charge in [-0.1, -0.05) is 45.9 Å². The van der Waals surface area contributed by atoms with Gasteiger partial charge in [-0.25, -0.2) is 0 Å². The zero-order valence-corrected chi connectivity index (χ0v) is 14.7. The van der Waals surface area contributed by atoms with Crippen LogP contribution in [0.1, 0.15) is 57.6 Å². The molecule has 0 heterocycles. The van der Waals surface area contributed by atoms with Gasteiger partial charge in [-0.15, -0.1) is 0 Å². The first-order valence-corrected chi connectivity index (χ1v) is 8.57. The smallest absolute Gasteiger partial charge is 0.326 e. The molecule has 1 aliphatic rings. The number of rotatable bonds is 8. The summed E-state index contributed by atoms with van der Waals surface area (Å²) in [6.07, 6.45) is 3.63. The maximum Gasteiger partial charge on any atom is 0.326 e. The lowest BCUT2D eigenvalue weighted by Crippen LogP contribution is -2.37. The van der Waals surface area contributed by atoms with E-state index in [1.54, 1.807) is 0 Å². The molecule has 23 heavy (non-hydrogen) atoms. The third kappa shape index (κ3) is 4.96. The van der Waals surface area contributed by atoms with Crippen molar-refractivity contribution < 1.29 is 14.3 Å². The Bertz CT molecular complexity index is 535. The Morgan fingerprint density at radius 3 is 2.52 bits per heavy atom. The minimum atomic E-state index is -0.607. The number of hydrogen-bond donors (Lipinski definition) is 1. The van der Waals surface area contributed by atoms with Crippen LogP contribution in [0.3, 0.4) is 0 Å². The van der Waals surface area contributed by atoms with Crippen molar-refractivity contribution in [3.05, 3.63) is 29.3 Å². The number of esters is 1. The van der Waals surface area contributed by atoms with Crippen LogP contribution < -0.4 is 10.5 Å². The van der Waals surface area contributed by atoms with Gasteiger partial charge in [-0.3, -0.25) is 4.79 Å². The van der Waals surface area contributed by atoms with Gasteiger partial charge in [0.25, 0.3) is 0 Å². The Labute approximate surface area is 139 Å². The Morgan fingerprint density at radius 2 is 1.96 bits per heavy atom. The van der Waals surface area contributed by atoms with E-state index in [0.29, 0.717) is 5.92 Å². The van der Waals surface area contributed by atoms with E-state index in [9.17, 15) is 4.79 Å². The molecule has 1 atom stereocenters. The highest BCUT2D eigenvalue weighted by Crippen LogP contribution is 2.38.